The van der Waals surface area contributed by atoms with Gasteiger partial charge >= 0.3 is 0 Å². The van der Waals surface area contributed by atoms with Gasteiger partial charge in [0.15, 0.2) is 0 Å². The number of anilines is 1. The third-order valence-electron chi connectivity index (χ3n) is 4.18. The molecule has 0 saturated heterocycles. The molecule has 2 heteroatoms. The van der Waals surface area contributed by atoms with Gasteiger partial charge < -0.3 is 10.4 Å². The van der Waals surface area contributed by atoms with Crippen LogP contribution in [0.1, 0.15) is 29.7 Å². The predicted molar refractivity (Wildman–Crippen MR) is 82.9 cm³/mol. The van der Waals surface area contributed by atoms with E-state index >= 15 is 0 Å². The highest BCUT2D eigenvalue weighted by atomic mass is 16.2. The summed E-state index contributed by atoms with van der Waals surface area (Å²) in [5.74, 6) is 0.615. The highest BCUT2D eigenvalue weighted by Gasteiger charge is 2.28. The summed E-state index contributed by atoms with van der Waals surface area (Å²) in [6.07, 6.45) is 1.87. The van der Waals surface area contributed by atoms with E-state index in [2.05, 4.69) is 60.8 Å². The quantitative estimate of drug-likeness (QED) is 0.887. The summed E-state index contributed by atoms with van der Waals surface area (Å²) in [7, 11) is 0. The van der Waals surface area contributed by atoms with Crippen molar-refractivity contribution >= 4 is 5.69 Å². The summed E-state index contributed by atoms with van der Waals surface area (Å²) < 4.78 is 0. The smallest absolute Gasteiger partial charge is 0.0545 e. The minimum Gasteiger partial charge on any atom is -0.396 e. The predicted octanol–water partition coefficient (Wildman–Crippen LogP) is 3.57. The first-order valence-corrected chi connectivity index (χ1v) is 7.32. The molecule has 0 aliphatic heterocycles. The fraction of sp³-hybridized carbons (Fsp3) is 0.333. The van der Waals surface area contributed by atoms with Crippen molar-refractivity contribution in [3.8, 4) is 0 Å². The Hall–Kier alpha value is -1.80. The van der Waals surface area contributed by atoms with E-state index in [-0.39, 0.29) is 6.61 Å². The average molecular weight is 267 g/mol. The van der Waals surface area contributed by atoms with Gasteiger partial charge in [0, 0.05) is 12.3 Å². The Bertz CT molecular complexity index is 576. The lowest BCUT2D eigenvalue weighted by atomic mass is 10.0. The number of hydrogen-bond acceptors (Lipinski definition) is 2. The number of benzene rings is 2. The second-order valence-corrected chi connectivity index (χ2v) is 5.67. The summed E-state index contributed by atoms with van der Waals surface area (Å²) in [6, 6.07) is 17.5. The van der Waals surface area contributed by atoms with Gasteiger partial charge in [0.1, 0.15) is 0 Å². The Morgan fingerprint density at radius 2 is 1.85 bits per heavy atom. The molecular formula is C18H21NO. The molecule has 0 heterocycles. The Morgan fingerprint density at radius 3 is 2.60 bits per heavy atom. The highest BCUT2D eigenvalue weighted by molar-refractivity contribution is 5.49. The van der Waals surface area contributed by atoms with Crippen LogP contribution in [0.2, 0.25) is 0 Å². The Kier molecular flexibility index (Phi) is 3.75. The lowest BCUT2D eigenvalue weighted by Gasteiger charge is -2.20. The topological polar surface area (TPSA) is 32.3 Å². The zero-order valence-corrected chi connectivity index (χ0v) is 11.8. The van der Waals surface area contributed by atoms with Crippen molar-refractivity contribution in [1.82, 2.24) is 0 Å². The van der Waals surface area contributed by atoms with Gasteiger partial charge in [-0.3, -0.25) is 0 Å². The summed E-state index contributed by atoms with van der Waals surface area (Å²) in [6.45, 7) is 2.51. The van der Waals surface area contributed by atoms with Crippen LogP contribution in [0, 0.1) is 5.92 Å². The molecule has 2 N–H and O–H groups in total. The Morgan fingerprint density at radius 1 is 1.10 bits per heavy atom. The van der Waals surface area contributed by atoms with Gasteiger partial charge in [-0.05, 0) is 47.6 Å². The molecule has 0 fully saturated rings. The van der Waals surface area contributed by atoms with Crippen LogP contribution in [-0.2, 0) is 12.8 Å². The first-order chi connectivity index (χ1) is 9.78. The van der Waals surface area contributed by atoms with E-state index in [1.54, 1.807) is 0 Å². The van der Waals surface area contributed by atoms with Crippen molar-refractivity contribution in [2.24, 2.45) is 5.92 Å². The fourth-order valence-electron chi connectivity index (χ4n) is 3.09. The van der Waals surface area contributed by atoms with Gasteiger partial charge in [-0.1, -0.05) is 43.3 Å². The molecule has 0 saturated carbocycles. The molecule has 2 aromatic carbocycles. The first-order valence-electron chi connectivity index (χ1n) is 7.32. The van der Waals surface area contributed by atoms with E-state index in [0.29, 0.717) is 12.0 Å². The molecule has 2 atom stereocenters. The maximum absolute atomic E-state index is 8.95. The third-order valence-corrected chi connectivity index (χ3v) is 4.18. The molecule has 104 valence electrons. The molecule has 2 nitrogen and oxygen atoms in total. The molecule has 0 amide bonds. The van der Waals surface area contributed by atoms with Gasteiger partial charge in [-0.2, -0.15) is 0 Å². The largest absolute Gasteiger partial charge is 0.396 e. The lowest BCUT2D eigenvalue weighted by Crippen LogP contribution is -2.14. The van der Waals surface area contributed by atoms with Crippen LogP contribution in [0.25, 0.3) is 0 Å². The van der Waals surface area contributed by atoms with Crippen LogP contribution < -0.4 is 5.32 Å². The molecule has 0 radical (unpaired) electrons. The maximum atomic E-state index is 8.95. The van der Waals surface area contributed by atoms with E-state index in [0.717, 1.165) is 18.5 Å². The van der Waals surface area contributed by atoms with Crippen LogP contribution >= 0.6 is 0 Å². The van der Waals surface area contributed by atoms with Crippen LogP contribution in [-0.4, -0.2) is 11.7 Å². The monoisotopic (exact) mass is 267 g/mol. The molecule has 1 aliphatic rings. The molecule has 1 aliphatic carbocycles. The lowest BCUT2D eigenvalue weighted by molar-refractivity contribution is 0.299. The second-order valence-electron chi connectivity index (χ2n) is 5.67. The van der Waals surface area contributed by atoms with Crippen molar-refractivity contribution in [3.63, 3.8) is 0 Å². The second kappa shape index (κ2) is 5.68. The van der Waals surface area contributed by atoms with Gasteiger partial charge in [-0.25, -0.2) is 0 Å². The first kappa shape index (κ1) is 13.2. The zero-order valence-electron chi connectivity index (χ0n) is 11.8. The van der Waals surface area contributed by atoms with Gasteiger partial charge in [0.25, 0.3) is 0 Å². The van der Waals surface area contributed by atoms with Gasteiger partial charge in [0.05, 0.1) is 6.04 Å². The molecule has 20 heavy (non-hydrogen) atoms. The van der Waals surface area contributed by atoms with Crippen LogP contribution in [0.4, 0.5) is 5.69 Å². The molecule has 2 aromatic rings. The highest BCUT2D eigenvalue weighted by Crippen LogP contribution is 2.37. The van der Waals surface area contributed by atoms with Crippen molar-refractivity contribution < 1.29 is 5.11 Å². The summed E-state index contributed by atoms with van der Waals surface area (Å²) >= 11 is 0. The molecular weight excluding hydrogens is 246 g/mol. The number of aliphatic hydroxyl groups is 1. The summed E-state index contributed by atoms with van der Waals surface area (Å²) in [4.78, 5) is 0. The molecule has 0 bridgehead atoms. The molecule has 3 rings (SSSR count). The van der Waals surface area contributed by atoms with Crippen LogP contribution in [0.5, 0.6) is 0 Å². The number of hydrogen-bond donors (Lipinski definition) is 2. The van der Waals surface area contributed by atoms with E-state index in [9.17, 15) is 0 Å². The summed E-state index contributed by atoms with van der Waals surface area (Å²) in [5.41, 5.74) is 5.23. The number of fused-ring (bicyclic) bond motifs is 1. The Balaban J connectivity index is 1.77. The van der Waals surface area contributed by atoms with E-state index in [1.165, 1.54) is 16.7 Å². The fourth-order valence-corrected chi connectivity index (χ4v) is 3.09. The normalized spacial score (nSPS) is 20.7. The maximum Gasteiger partial charge on any atom is 0.0545 e. The molecule has 2 unspecified atom stereocenters. The van der Waals surface area contributed by atoms with E-state index in [1.807, 2.05) is 0 Å². The minimum atomic E-state index is 0.208. The van der Waals surface area contributed by atoms with Crippen LogP contribution in [0.3, 0.4) is 0 Å². The standard InChI is InChI=1S/C18H21NO/c1-13-12-15-4-2-3-5-17(15)18(13)19-16-8-6-14(7-9-16)10-11-20/h2-9,13,18-20H,10-12H2,1H3. The van der Waals surface area contributed by atoms with Gasteiger partial charge in [0.2, 0.25) is 0 Å². The SMILES string of the molecule is CC1Cc2ccccc2C1Nc1ccc(CCO)cc1. The number of rotatable bonds is 4. The zero-order chi connectivity index (χ0) is 13.9. The van der Waals surface area contributed by atoms with Crippen molar-refractivity contribution in [3.05, 3.63) is 65.2 Å². The summed E-state index contributed by atoms with van der Waals surface area (Å²) in [5, 5.41) is 12.6. The molecule has 0 aromatic heterocycles. The number of aliphatic hydroxyl groups excluding tert-OH is 1. The Labute approximate surface area is 120 Å². The third kappa shape index (κ3) is 2.56. The minimum absolute atomic E-state index is 0.208. The molecule has 0 spiro atoms. The van der Waals surface area contributed by atoms with E-state index < -0.39 is 0 Å². The van der Waals surface area contributed by atoms with Crippen LogP contribution in [0.15, 0.2) is 48.5 Å². The van der Waals surface area contributed by atoms with Gasteiger partial charge in [-0.15, -0.1) is 0 Å². The van der Waals surface area contributed by atoms with Crippen molar-refractivity contribution in [2.45, 2.75) is 25.8 Å². The van der Waals surface area contributed by atoms with Crippen molar-refractivity contribution in [2.75, 3.05) is 11.9 Å². The van der Waals surface area contributed by atoms with Crippen molar-refractivity contribution in [1.29, 1.82) is 0 Å². The average Bonchev–Trinajstić information content (AvgIpc) is 2.78. The van der Waals surface area contributed by atoms with E-state index in [4.69, 9.17) is 5.11 Å². The number of nitrogens with one attached hydrogen (secondary N) is 1.